The number of rotatable bonds is 6. The summed E-state index contributed by atoms with van der Waals surface area (Å²) >= 11 is 0. The van der Waals surface area contributed by atoms with Crippen LogP contribution in [0.4, 0.5) is 17.1 Å². The van der Waals surface area contributed by atoms with E-state index in [-0.39, 0.29) is 16.2 Å². The van der Waals surface area contributed by atoms with E-state index in [4.69, 9.17) is 0 Å². The summed E-state index contributed by atoms with van der Waals surface area (Å²) in [6, 6.07) is 70.5. The van der Waals surface area contributed by atoms with E-state index in [1.54, 1.807) is 16.7 Å². The Morgan fingerprint density at radius 3 is 1.60 bits per heavy atom. The molecule has 1 heteroatoms. The van der Waals surface area contributed by atoms with Crippen molar-refractivity contribution >= 4 is 17.1 Å². The molecule has 3 saturated carbocycles. The van der Waals surface area contributed by atoms with E-state index in [1.807, 2.05) is 0 Å². The van der Waals surface area contributed by atoms with Gasteiger partial charge < -0.3 is 4.90 Å². The molecule has 5 atom stereocenters. The van der Waals surface area contributed by atoms with Crippen molar-refractivity contribution in [2.24, 2.45) is 23.7 Å². The number of hydrogen-bond donors (Lipinski definition) is 0. The van der Waals surface area contributed by atoms with Gasteiger partial charge in [-0.25, -0.2) is 0 Å². The van der Waals surface area contributed by atoms with Crippen molar-refractivity contribution in [1.82, 2.24) is 0 Å². The number of benzene rings is 8. The van der Waals surface area contributed by atoms with E-state index in [9.17, 15) is 0 Å². The molecule has 2 spiro atoms. The molecule has 0 amide bonds. The van der Waals surface area contributed by atoms with E-state index in [0.717, 1.165) is 28.9 Å². The van der Waals surface area contributed by atoms with Crippen LogP contribution in [0.1, 0.15) is 120 Å². The van der Waals surface area contributed by atoms with E-state index in [2.05, 4.69) is 222 Å². The molecule has 5 aliphatic carbocycles. The molecule has 0 aromatic heterocycles. The molecule has 3 fully saturated rings. The van der Waals surface area contributed by atoms with Gasteiger partial charge in [0.2, 0.25) is 0 Å². The Labute approximate surface area is 417 Å². The van der Waals surface area contributed by atoms with Gasteiger partial charge in [0.05, 0.1) is 0 Å². The van der Waals surface area contributed by atoms with Crippen molar-refractivity contribution in [3.8, 4) is 55.6 Å². The van der Waals surface area contributed by atoms with Crippen LogP contribution in [-0.2, 0) is 16.2 Å². The molecule has 1 unspecified atom stereocenters. The topological polar surface area (TPSA) is 3.24 Å². The summed E-state index contributed by atoms with van der Waals surface area (Å²) < 4.78 is 0. The minimum absolute atomic E-state index is 0.113. The van der Waals surface area contributed by atoms with E-state index in [1.165, 1.54) is 125 Å². The maximum atomic E-state index is 2.57. The Morgan fingerprint density at radius 1 is 0.414 bits per heavy atom. The third-order valence-corrected chi connectivity index (χ3v) is 18.4. The van der Waals surface area contributed by atoms with Gasteiger partial charge in [-0.1, -0.05) is 187 Å². The highest BCUT2D eigenvalue weighted by molar-refractivity contribution is 5.88. The van der Waals surface area contributed by atoms with Crippen molar-refractivity contribution in [2.75, 3.05) is 4.90 Å². The molecule has 0 heterocycles. The van der Waals surface area contributed by atoms with Crippen LogP contribution < -0.4 is 4.90 Å². The molecule has 0 aliphatic heterocycles. The molecule has 5 aliphatic rings. The summed E-state index contributed by atoms with van der Waals surface area (Å²) in [7, 11) is 0. The second kappa shape index (κ2) is 16.6. The second-order valence-electron chi connectivity index (χ2n) is 23.4. The maximum absolute atomic E-state index is 2.57. The Morgan fingerprint density at radius 2 is 0.929 bits per heavy atom. The molecule has 0 saturated heterocycles. The number of fused-ring (bicyclic) bond motifs is 13. The molecule has 2 bridgehead atoms. The first kappa shape index (κ1) is 43.6. The van der Waals surface area contributed by atoms with Gasteiger partial charge in [0.15, 0.2) is 0 Å². The number of nitrogens with zero attached hydrogens (tertiary/aromatic N) is 1. The van der Waals surface area contributed by atoms with Crippen LogP contribution in [-0.4, -0.2) is 0 Å². The molecule has 70 heavy (non-hydrogen) atoms. The van der Waals surface area contributed by atoms with Gasteiger partial charge in [0.1, 0.15) is 0 Å². The van der Waals surface area contributed by atoms with Crippen LogP contribution in [0, 0.1) is 23.7 Å². The molecule has 8 aromatic rings. The zero-order chi connectivity index (χ0) is 47.4. The third kappa shape index (κ3) is 6.85. The van der Waals surface area contributed by atoms with Crippen molar-refractivity contribution in [3.05, 3.63) is 210 Å². The minimum Gasteiger partial charge on any atom is -0.310 e. The molecule has 1 nitrogen and oxygen atoms in total. The van der Waals surface area contributed by atoms with Gasteiger partial charge in [-0.15, -0.1) is 0 Å². The average Bonchev–Trinajstić information content (AvgIpc) is 3.83. The maximum Gasteiger partial charge on any atom is 0.0467 e. The zero-order valence-corrected chi connectivity index (χ0v) is 41.9. The Bertz CT molecular complexity index is 3260. The highest BCUT2D eigenvalue weighted by Gasteiger charge is 2.56. The van der Waals surface area contributed by atoms with Crippen molar-refractivity contribution in [2.45, 2.75) is 109 Å². The van der Waals surface area contributed by atoms with Crippen LogP contribution in [0.3, 0.4) is 0 Å². The van der Waals surface area contributed by atoms with Crippen LogP contribution in [0.25, 0.3) is 55.6 Å². The lowest BCUT2D eigenvalue weighted by molar-refractivity contribution is 0.0426. The SMILES string of the molecule is C[C@@H]1CC2C[C@H](C1)[C@@]1(c3ccccc3-c3cc(-c4ccc(N(c5ccc(-c6ccc(C(C)(C)C)cc6)cc5)c5cccc(-c6ccc7c(c6)-c6ccccc6C76CCCCC6)c5)cc4)ccc31)[C@@H](C)C2. The van der Waals surface area contributed by atoms with Crippen LogP contribution in [0.2, 0.25) is 0 Å². The summed E-state index contributed by atoms with van der Waals surface area (Å²) in [6.07, 6.45) is 11.9. The Balaban J connectivity index is 0.877. The summed E-state index contributed by atoms with van der Waals surface area (Å²) in [4.78, 5) is 2.45. The first-order chi connectivity index (χ1) is 34.1. The van der Waals surface area contributed by atoms with E-state index in [0.29, 0.717) is 11.8 Å². The van der Waals surface area contributed by atoms with Gasteiger partial charge in [-0.3, -0.25) is 0 Å². The first-order valence-electron chi connectivity index (χ1n) is 26.8. The quantitative estimate of drug-likeness (QED) is 0.161. The molecular formula is C69H67N. The van der Waals surface area contributed by atoms with Gasteiger partial charge in [0.25, 0.3) is 0 Å². The highest BCUT2D eigenvalue weighted by atomic mass is 15.1. The van der Waals surface area contributed by atoms with Crippen molar-refractivity contribution < 1.29 is 0 Å². The molecule has 0 N–H and O–H groups in total. The predicted octanol–water partition coefficient (Wildman–Crippen LogP) is 19.0. The lowest BCUT2D eigenvalue weighted by atomic mass is 9.49. The lowest BCUT2D eigenvalue weighted by Crippen LogP contribution is -2.49. The van der Waals surface area contributed by atoms with Crippen LogP contribution in [0.15, 0.2) is 182 Å². The summed E-state index contributed by atoms with van der Waals surface area (Å²) in [5.74, 6) is 3.02. The van der Waals surface area contributed by atoms with Crippen molar-refractivity contribution in [3.63, 3.8) is 0 Å². The molecule has 8 aromatic carbocycles. The predicted molar refractivity (Wildman–Crippen MR) is 295 cm³/mol. The monoisotopic (exact) mass is 910 g/mol. The molecular weight excluding hydrogens is 843 g/mol. The summed E-state index contributed by atoms with van der Waals surface area (Å²) in [5.41, 5.74) is 24.7. The van der Waals surface area contributed by atoms with Crippen LogP contribution >= 0.6 is 0 Å². The normalized spacial score (nSPS) is 22.6. The molecule has 348 valence electrons. The molecule has 13 rings (SSSR count). The fraction of sp³-hybridized carbons (Fsp3) is 0.304. The highest BCUT2D eigenvalue weighted by Crippen LogP contribution is 2.65. The minimum atomic E-state index is 0.113. The van der Waals surface area contributed by atoms with Gasteiger partial charge in [-0.2, -0.15) is 0 Å². The molecule has 0 radical (unpaired) electrons. The largest absolute Gasteiger partial charge is 0.310 e. The van der Waals surface area contributed by atoms with Gasteiger partial charge >= 0.3 is 0 Å². The first-order valence-corrected chi connectivity index (χ1v) is 26.8. The third-order valence-electron chi connectivity index (χ3n) is 18.4. The van der Waals surface area contributed by atoms with E-state index >= 15 is 0 Å². The number of hydrogen-bond acceptors (Lipinski definition) is 1. The number of anilines is 3. The van der Waals surface area contributed by atoms with E-state index < -0.39 is 0 Å². The Kier molecular flexibility index (Phi) is 10.3. The standard InChI is InChI=1S/C69H67N/c1-45-38-47-40-46(2)69(55(39-45)41-47)65-19-10-8-17-60(65)62-43-52(27-35-66(62)69)50-24-32-57(33-25-50)70(56-30-22-49(23-31-56)48-20-28-54(29-21-48)67(3,4)5)58-15-13-14-51(42-58)53-26-34-64-61(44-53)59-16-7-9-18-63(59)68(64)36-11-6-12-37-68/h7-10,13-35,42-47,55H,6,11-12,36-41H2,1-5H3/t45-,46+,47?,55+,69-/m1/s1. The fourth-order valence-corrected chi connectivity index (χ4v) is 15.3. The Hall–Kier alpha value is -6.44. The zero-order valence-electron chi connectivity index (χ0n) is 41.9. The van der Waals surface area contributed by atoms with Crippen LogP contribution in [0.5, 0.6) is 0 Å². The smallest absolute Gasteiger partial charge is 0.0467 e. The fourth-order valence-electron chi connectivity index (χ4n) is 15.3. The summed E-state index contributed by atoms with van der Waals surface area (Å²) in [6.45, 7) is 11.9. The van der Waals surface area contributed by atoms with Crippen molar-refractivity contribution in [1.29, 1.82) is 0 Å². The second-order valence-corrected chi connectivity index (χ2v) is 23.4. The average molecular weight is 910 g/mol. The lowest BCUT2D eigenvalue weighted by Gasteiger charge is -2.54. The van der Waals surface area contributed by atoms with Gasteiger partial charge in [-0.05, 0) is 200 Å². The summed E-state index contributed by atoms with van der Waals surface area (Å²) in [5, 5.41) is 0. The van der Waals surface area contributed by atoms with Gasteiger partial charge in [0, 0.05) is 27.9 Å².